The Morgan fingerprint density at radius 2 is 2.07 bits per heavy atom. The SMILES string of the molecule is Cc1csc2cc(C(F)F)cc(O)c12. The standard InChI is InChI=1S/C10H8F2OS/c1-5-4-14-8-3-6(10(11)12)2-7(13)9(5)8/h2-4,10,13H,1H3. The molecule has 2 rings (SSSR count). The average Bonchev–Trinajstić information content (AvgIpc) is 2.48. The first-order valence-electron chi connectivity index (χ1n) is 4.08. The van der Waals surface area contributed by atoms with Crippen molar-refractivity contribution in [2.45, 2.75) is 13.3 Å². The summed E-state index contributed by atoms with van der Waals surface area (Å²) in [7, 11) is 0. The maximum atomic E-state index is 12.4. The van der Waals surface area contributed by atoms with Gasteiger partial charge in [-0.15, -0.1) is 11.3 Å². The van der Waals surface area contributed by atoms with Crippen LogP contribution in [0.25, 0.3) is 10.1 Å². The van der Waals surface area contributed by atoms with E-state index in [-0.39, 0.29) is 11.3 Å². The van der Waals surface area contributed by atoms with Gasteiger partial charge in [0.2, 0.25) is 0 Å². The molecular weight excluding hydrogens is 206 g/mol. The Hall–Kier alpha value is -1.16. The molecule has 4 heteroatoms. The van der Waals surface area contributed by atoms with Crippen LogP contribution in [0, 0.1) is 6.92 Å². The molecule has 0 aliphatic heterocycles. The molecule has 0 aliphatic carbocycles. The van der Waals surface area contributed by atoms with Gasteiger partial charge in [0.15, 0.2) is 0 Å². The molecule has 0 amide bonds. The molecule has 0 fully saturated rings. The Morgan fingerprint density at radius 1 is 1.36 bits per heavy atom. The topological polar surface area (TPSA) is 20.2 Å². The molecule has 0 atom stereocenters. The molecule has 2 aromatic rings. The van der Waals surface area contributed by atoms with Crippen molar-refractivity contribution in [3.63, 3.8) is 0 Å². The minimum absolute atomic E-state index is 0.0587. The summed E-state index contributed by atoms with van der Waals surface area (Å²) in [5, 5.41) is 12.1. The van der Waals surface area contributed by atoms with E-state index in [9.17, 15) is 13.9 Å². The lowest BCUT2D eigenvalue weighted by atomic mass is 10.1. The van der Waals surface area contributed by atoms with E-state index in [0.717, 1.165) is 11.6 Å². The molecule has 1 heterocycles. The van der Waals surface area contributed by atoms with E-state index in [1.165, 1.54) is 17.4 Å². The highest BCUT2D eigenvalue weighted by molar-refractivity contribution is 7.17. The van der Waals surface area contributed by atoms with E-state index in [1.54, 1.807) is 0 Å². The van der Waals surface area contributed by atoms with Crippen LogP contribution in [-0.4, -0.2) is 5.11 Å². The molecule has 1 nitrogen and oxygen atoms in total. The largest absolute Gasteiger partial charge is 0.507 e. The van der Waals surface area contributed by atoms with Crippen LogP contribution in [0.4, 0.5) is 8.78 Å². The molecule has 0 spiro atoms. The van der Waals surface area contributed by atoms with Gasteiger partial charge in [-0.3, -0.25) is 0 Å². The zero-order valence-electron chi connectivity index (χ0n) is 7.42. The first-order chi connectivity index (χ1) is 6.59. The first kappa shape index (κ1) is 9.40. The lowest BCUT2D eigenvalue weighted by Crippen LogP contribution is -1.83. The maximum Gasteiger partial charge on any atom is 0.264 e. The zero-order chi connectivity index (χ0) is 10.3. The number of halogens is 2. The van der Waals surface area contributed by atoms with Gasteiger partial charge in [0.1, 0.15) is 5.75 Å². The van der Waals surface area contributed by atoms with Crippen molar-refractivity contribution in [3.8, 4) is 5.75 Å². The molecule has 1 aromatic carbocycles. The summed E-state index contributed by atoms with van der Waals surface area (Å²) >= 11 is 1.37. The number of aromatic hydroxyl groups is 1. The molecule has 1 N–H and O–H groups in total. The van der Waals surface area contributed by atoms with Gasteiger partial charge < -0.3 is 5.11 Å². The van der Waals surface area contributed by atoms with Crippen LogP contribution in [0.1, 0.15) is 17.6 Å². The Labute approximate surface area is 83.6 Å². The minimum Gasteiger partial charge on any atom is -0.507 e. The third kappa shape index (κ3) is 1.35. The van der Waals surface area contributed by atoms with Crippen LogP contribution in [0.15, 0.2) is 17.5 Å². The molecule has 0 unspecified atom stereocenters. The second-order valence-corrected chi connectivity index (χ2v) is 4.04. The quantitative estimate of drug-likeness (QED) is 0.764. The number of phenolic OH excluding ortho intramolecular Hbond substituents is 1. The Kier molecular flexibility index (Phi) is 2.15. The van der Waals surface area contributed by atoms with E-state index >= 15 is 0 Å². The van der Waals surface area contributed by atoms with Crippen LogP contribution in [0.2, 0.25) is 0 Å². The second kappa shape index (κ2) is 3.20. The van der Waals surface area contributed by atoms with Crippen molar-refractivity contribution >= 4 is 21.4 Å². The number of phenols is 1. The summed E-state index contributed by atoms with van der Waals surface area (Å²) in [4.78, 5) is 0. The number of fused-ring (bicyclic) bond motifs is 1. The Bertz CT molecular complexity index is 476. The number of hydrogen-bond donors (Lipinski definition) is 1. The van der Waals surface area contributed by atoms with Crippen LogP contribution in [-0.2, 0) is 0 Å². The van der Waals surface area contributed by atoms with Gasteiger partial charge in [0, 0.05) is 15.6 Å². The highest BCUT2D eigenvalue weighted by Crippen LogP contribution is 2.36. The van der Waals surface area contributed by atoms with E-state index in [0.29, 0.717) is 10.1 Å². The molecular formula is C10H8F2OS. The van der Waals surface area contributed by atoms with Crippen molar-refractivity contribution < 1.29 is 13.9 Å². The van der Waals surface area contributed by atoms with E-state index in [2.05, 4.69) is 0 Å². The van der Waals surface area contributed by atoms with Crippen molar-refractivity contribution in [2.75, 3.05) is 0 Å². The fraction of sp³-hybridized carbons (Fsp3) is 0.200. The van der Waals surface area contributed by atoms with E-state index < -0.39 is 6.43 Å². The summed E-state index contributed by atoms with van der Waals surface area (Å²) in [6.07, 6.45) is -2.53. The molecule has 0 radical (unpaired) electrons. The van der Waals surface area contributed by atoms with Gasteiger partial charge >= 0.3 is 0 Å². The van der Waals surface area contributed by atoms with Crippen molar-refractivity contribution in [1.82, 2.24) is 0 Å². The van der Waals surface area contributed by atoms with Gasteiger partial charge in [0.05, 0.1) is 0 Å². The smallest absolute Gasteiger partial charge is 0.264 e. The normalized spacial score (nSPS) is 11.4. The molecule has 0 bridgehead atoms. The third-order valence-electron chi connectivity index (χ3n) is 2.11. The molecule has 1 aromatic heterocycles. The van der Waals surface area contributed by atoms with Crippen molar-refractivity contribution in [3.05, 3.63) is 28.6 Å². The molecule has 0 saturated carbocycles. The third-order valence-corrected chi connectivity index (χ3v) is 3.16. The summed E-state index contributed by atoms with van der Waals surface area (Å²) in [6, 6.07) is 2.56. The fourth-order valence-corrected chi connectivity index (χ4v) is 2.46. The molecule has 14 heavy (non-hydrogen) atoms. The number of aryl methyl sites for hydroxylation is 1. The zero-order valence-corrected chi connectivity index (χ0v) is 8.24. The molecule has 0 saturated heterocycles. The number of hydrogen-bond acceptors (Lipinski definition) is 2. The van der Waals surface area contributed by atoms with Crippen LogP contribution >= 0.6 is 11.3 Å². The van der Waals surface area contributed by atoms with E-state index in [1.807, 2.05) is 12.3 Å². The monoisotopic (exact) mass is 214 g/mol. The number of thiophene rings is 1. The summed E-state index contributed by atoms with van der Waals surface area (Å²) in [6.45, 7) is 1.85. The van der Waals surface area contributed by atoms with Gasteiger partial charge in [0.25, 0.3) is 6.43 Å². The molecule has 0 aliphatic rings. The number of benzene rings is 1. The predicted octanol–water partition coefficient (Wildman–Crippen LogP) is 3.85. The summed E-state index contributed by atoms with van der Waals surface area (Å²) < 4.78 is 25.5. The Morgan fingerprint density at radius 3 is 2.71 bits per heavy atom. The lowest BCUT2D eigenvalue weighted by Gasteiger charge is -2.02. The Balaban J connectivity index is 2.74. The highest BCUT2D eigenvalue weighted by atomic mass is 32.1. The second-order valence-electron chi connectivity index (χ2n) is 3.13. The van der Waals surface area contributed by atoms with E-state index in [4.69, 9.17) is 0 Å². The highest BCUT2D eigenvalue weighted by Gasteiger charge is 2.13. The van der Waals surface area contributed by atoms with Crippen molar-refractivity contribution in [2.24, 2.45) is 0 Å². The first-order valence-corrected chi connectivity index (χ1v) is 4.96. The lowest BCUT2D eigenvalue weighted by molar-refractivity contribution is 0.151. The minimum atomic E-state index is -2.53. The van der Waals surface area contributed by atoms with Crippen LogP contribution in [0.3, 0.4) is 0 Å². The number of alkyl halides is 2. The molecule has 74 valence electrons. The average molecular weight is 214 g/mol. The van der Waals surface area contributed by atoms with Crippen molar-refractivity contribution in [1.29, 1.82) is 0 Å². The summed E-state index contributed by atoms with van der Waals surface area (Å²) in [5.41, 5.74) is 0.792. The fourth-order valence-electron chi connectivity index (χ4n) is 1.45. The van der Waals surface area contributed by atoms with Gasteiger partial charge in [-0.05, 0) is 30.0 Å². The van der Waals surface area contributed by atoms with Crippen LogP contribution in [0.5, 0.6) is 5.75 Å². The number of rotatable bonds is 1. The van der Waals surface area contributed by atoms with Gasteiger partial charge in [-0.2, -0.15) is 0 Å². The predicted molar refractivity (Wildman–Crippen MR) is 53.2 cm³/mol. The van der Waals surface area contributed by atoms with Gasteiger partial charge in [-0.1, -0.05) is 0 Å². The summed E-state index contributed by atoms with van der Waals surface area (Å²) in [5.74, 6) is -0.0587. The maximum absolute atomic E-state index is 12.4. The van der Waals surface area contributed by atoms with Gasteiger partial charge in [-0.25, -0.2) is 8.78 Å². The van der Waals surface area contributed by atoms with Crippen LogP contribution < -0.4 is 0 Å².